The summed E-state index contributed by atoms with van der Waals surface area (Å²) in [7, 11) is 2.36. The van der Waals surface area contributed by atoms with Crippen molar-refractivity contribution in [2.45, 2.75) is 5.03 Å². The number of methoxy groups -OCH3 is 2. The van der Waals surface area contributed by atoms with Gasteiger partial charge in [0.05, 0.1) is 25.3 Å². The number of hydrogen-bond donors (Lipinski definition) is 1. The molecule has 0 saturated carbocycles. The number of fused-ring (bicyclic) bond motifs is 3. The largest absolute Gasteiger partial charge is 0.465 e. The van der Waals surface area contributed by atoms with Crippen LogP contribution in [-0.2, 0) is 9.47 Å². The van der Waals surface area contributed by atoms with Crippen LogP contribution in [0.3, 0.4) is 0 Å². The van der Waals surface area contributed by atoms with Gasteiger partial charge in [-0.25, -0.2) is 19.6 Å². The number of rotatable bonds is 3. The van der Waals surface area contributed by atoms with Crippen molar-refractivity contribution in [3.05, 3.63) is 17.6 Å². The van der Waals surface area contributed by atoms with Gasteiger partial charge < -0.3 is 15.2 Å². The number of aromatic nitrogens is 5. The van der Waals surface area contributed by atoms with Crippen molar-refractivity contribution in [3.8, 4) is 0 Å². The van der Waals surface area contributed by atoms with Crippen molar-refractivity contribution >= 4 is 46.2 Å². The average Bonchev–Trinajstić information content (AvgIpc) is 3.07. The van der Waals surface area contributed by atoms with Crippen LogP contribution in [0.4, 0.5) is 5.69 Å². The lowest BCUT2D eigenvalue weighted by Crippen LogP contribution is -2.18. The predicted octanol–water partition coefficient (Wildman–Crippen LogP) is 0.550. The van der Waals surface area contributed by atoms with E-state index in [0.29, 0.717) is 16.2 Å². The van der Waals surface area contributed by atoms with Crippen molar-refractivity contribution in [2.24, 2.45) is 0 Å². The highest BCUT2D eigenvalue weighted by Gasteiger charge is 2.28. The minimum absolute atomic E-state index is 0.0153. The predicted molar refractivity (Wildman–Crippen MR) is 85.0 cm³/mol. The zero-order valence-electron chi connectivity index (χ0n) is 12.9. The lowest BCUT2D eigenvalue weighted by Gasteiger charge is -2.13. The maximum Gasteiger partial charge on any atom is 0.357 e. The Bertz CT molecular complexity index is 986. The van der Waals surface area contributed by atoms with E-state index in [1.54, 1.807) is 6.26 Å². The molecule has 10 nitrogen and oxygen atoms in total. The van der Waals surface area contributed by atoms with E-state index in [1.165, 1.54) is 36.8 Å². The lowest BCUT2D eigenvalue weighted by atomic mass is 10.1. The van der Waals surface area contributed by atoms with Crippen molar-refractivity contribution in [3.63, 3.8) is 0 Å². The SMILES string of the molecule is COC(=O)c1nc2c(c(SC)nc3ncnn32)c(N)c1C(=O)OC. The third-order valence-electron chi connectivity index (χ3n) is 3.32. The van der Waals surface area contributed by atoms with E-state index in [4.69, 9.17) is 15.2 Å². The number of nitrogen functional groups attached to an aromatic ring is 1. The van der Waals surface area contributed by atoms with E-state index < -0.39 is 11.9 Å². The highest BCUT2D eigenvalue weighted by atomic mass is 32.2. The van der Waals surface area contributed by atoms with Crippen LogP contribution in [0.5, 0.6) is 0 Å². The van der Waals surface area contributed by atoms with E-state index in [2.05, 4.69) is 20.1 Å². The van der Waals surface area contributed by atoms with Crippen molar-refractivity contribution in [2.75, 3.05) is 26.2 Å². The second-order valence-electron chi connectivity index (χ2n) is 4.52. The van der Waals surface area contributed by atoms with Crippen molar-refractivity contribution in [1.82, 2.24) is 24.6 Å². The van der Waals surface area contributed by atoms with Crippen LogP contribution >= 0.6 is 11.8 Å². The molecule has 0 radical (unpaired) electrons. The number of carbonyl (C=O) groups is 2. The Kier molecular flexibility index (Phi) is 3.93. The molecule has 2 N–H and O–H groups in total. The molecule has 0 bridgehead atoms. The quantitative estimate of drug-likeness (QED) is 0.406. The van der Waals surface area contributed by atoms with E-state index in [9.17, 15) is 9.59 Å². The lowest BCUT2D eigenvalue weighted by molar-refractivity contribution is 0.0551. The highest BCUT2D eigenvalue weighted by molar-refractivity contribution is 7.98. The van der Waals surface area contributed by atoms with E-state index in [-0.39, 0.29) is 22.6 Å². The number of carbonyl (C=O) groups excluding carboxylic acids is 2. The molecule has 24 heavy (non-hydrogen) atoms. The van der Waals surface area contributed by atoms with Gasteiger partial charge in [0.1, 0.15) is 16.9 Å². The van der Waals surface area contributed by atoms with Crippen molar-refractivity contribution < 1.29 is 19.1 Å². The number of hydrogen-bond acceptors (Lipinski definition) is 10. The molecule has 0 aliphatic rings. The van der Waals surface area contributed by atoms with Gasteiger partial charge in [-0.05, 0) is 6.26 Å². The monoisotopic (exact) mass is 348 g/mol. The molecule has 0 fully saturated rings. The van der Waals surface area contributed by atoms with Gasteiger partial charge in [0.2, 0.25) is 0 Å². The first-order valence-electron chi connectivity index (χ1n) is 6.57. The van der Waals surface area contributed by atoms with Crippen LogP contribution in [-0.4, -0.2) is 57.0 Å². The molecule has 0 spiro atoms. The fourth-order valence-electron chi connectivity index (χ4n) is 2.26. The van der Waals surface area contributed by atoms with Crippen LogP contribution < -0.4 is 5.73 Å². The number of anilines is 1. The maximum atomic E-state index is 12.1. The van der Waals surface area contributed by atoms with Gasteiger partial charge in [0, 0.05) is 0 Å². The Hall–Kier alpha value is -2.95. The zero-order valence-corrected chi connectivity index (χ0v) is 13.7. The number of nitrogens with zero attached hydrogens (tertiary/aromatic N) is 5. The van der Waals surface area contributed by atoms with Gasteiger partial charge in [-0.1, -0.05) is 0 Å². The molecule has 3 aromatic rings. The Morgan fingerprint density at radius 1 is 1.21 bits per heavy atom. The fourth-order valence-corrected chi connectivity index (χ4v) is 2.84. The van der Waals surface area contributed by atoms with Crippen LogP contribution in [0, 0.1) is 0 Å². The van der Waals surface area contributed by atoms with Gasteiger partial charge in [-0.15, -0.1) is 11.8 Å². The molecule has 11 heteroatoms. The molecule has 0 unspecified atom stereocenters. The zero-order chi connectivity index (χ0) is 17.4. The molecule has 3 heterocycles. The maximum absolute atomic E-state index is 12.1. The summed E-state index contributed by atoms with van der Waals surface area (Å²) in [6.45, 7) is 0. The molecular formula is C13H12N6O4S. The molecule has 0 saturated heterocycles. The minimum Gasteiger partial charge on any atom is -0.465 e. The summed E-state index contributed by atoms with van der Waals surface area (Å²) < 4.78 is 10.7. The van der Waals surface area contributed by atoms with Gasteiger partial charge >= 0.3 is 11.9 Å². The number of pyridine rings is 1. The Balaban J connectivity index is 2.54. The number of nitrogens with two attached hydrogens (primary N) is 1. The Labute approximate surface area is 139 Å². The topological polar surface area (TPSA) is 135 Å². The third-order valence-corrected chi connectivity index (χ3v) is 4.01. The minimum atomic E-state index is -0.820. The molecule has 0 aliphatic carbocycles. The summed E-state index contributed by atoms with van der Waals surface area (Å²) in [5.41, 5.74) is 5.99. The molecule has 0 aliphatic heterocycles. The van der Waals surface area contributed by atoms with Crippen LogP contribution in [0.25, 0.3) is 16.8 Å². The Morgan fingerprint density at radius 3 is 2.54 bits per heavy atom. The molecule has 124 valence electrons. The number of esters is 2. The first kappa shape index (κ1) is 15.9. The average molecular weight is 348 g/mol. The normalized spacial score (nSPS) is 11.0. The summed E-state index contributed by atoms with van der Waals surface area (Å²) in [6, 6.07) is 0. The second-order valence-corrected chi connectivity index (χ2v) is 5.32. The van der Waals surface area contributed by atoms with Gasteiger partial charge in [-0.2, -0.15) is 14.6 Å². The van der Waals surface area contributed by atoms with Gasteiger partial charge in [-0.3, -0.25) is 0 Å². The number of ether oxygens (including phenoxy) is 2. The molecule has 3 aromatic heterocycles. The van der Waals surface area contributed by atoms with Crippen molar-refractivity contribution in [1.29, 1.82) is 0 Å². The summed E-state index contributed by atoms with van der Waals surface area (Å²) in [4.78, 5) is 36.8. The summed E-state index contributed by atoms with van der Waals surface area (Å²) in [5, 5.41) is 4.91. The van der Waals surface area contributed by atoms with Crippen LogP contribution in [0.15, 0.2) is 11.4 Å². The first-order chi connectivity index (χ1) is 11.5. The van der Waals surface area contributed by atoms with Gasteiger partial charge in [0.25, 0.3) is 5.78 Å². The molecule has 0 atom stereocenters. The van der Waals surface area contributed by atoms with Gasteiger partial charge in [0.15, 0.2) is 11.3 Å². The summed E-state index contributed by atoms with van der Waals surface area (Å²) in [5.74, 6) is -1.33. The first-order valence-corrected chi connectivity index (χ1v) is 7.79. The smallest absolute Gasteiger partial charge is 0.357 e. The Morgan fingerprint density at radius 2 is 1.92 bits per heavy atom. The summed E-state index contributed by atoms with van der Waals surface area (Å²) >= 11 is 1.30. The highest BCUT2D eigenvalue weighted by Crippen LogP contribution is 2.33. The van der Waals surface area contributed by atoms with E-state index >= 15 is 0 Å². The molecule has 0 amide bonds. The molecule has 3 rings (SSSR count). The van der Waals surface area contributed by atoms with Crippen LogP contribution in [0.2, 0.25) is 0 Å². The standard InChI is InChI=1S/C13H12N6O4S/c1-22-11(20)5-7(14)6-9(17-8(5)12(21)23-2)19-13(15-4-16-19)18-10(6)24-3/h4H,1-3H3,(H2,14,17). The number of thioether (sulfide) groups is 1. The second kappa shape index (κ2) is 5.92. The fraction of sp³-hybridized carbons (Fsp3) is 0.231. The third kappa shape index (κ3) is 2.21. The molecule has 0 aromatic carbocycles. The van der Waals surface area contributed by atoms with E-state index in [0.717, 1.165) is 0 Å². The molecular weight excluding hydrogens is 336 g/mol. The van der Waals surface area contributed by atoms with Crippen LogP contribution in [0.1, 0.15) is 20.8 Å². The summed E-state index contributed by atoms with van der Waals surface area (Å²) in [6.07, 6.45) is 3.09. The van der Waals surface area contributed by atoms with E-state index in [1.807, 2.05) is 0 Å².